The summed E-state index contributed by atoms with van der Waals surface area (Å²) in [6.07, 6.45) is 0. The molecule has 4 N–H and O–H groups in total. The van der Waals surface area contributed by atoms with Gasteiger partial charge in [-0.3, -0.25) is 10.2 Å². The van der Waals surface area contributed by atoms with Crippen LogP contribution in [0.15, 0.2) is 82.8 Å². The average molecular weight is 508 g/mol. The minimum Gasteiger partial charge on any atom is -0.330 e. The molecule has 1 amide bonds. The highest BCUT2D eigenvalue weighted by Gasteiger charge is 2.34. The van der Waals surface area contributed by atoms with Gasteiger partial charge in [0.2, 0.25) is 10.0 Å². The number of primary sulfonamides is 1. The summed E-state index contributed by atoms with van der Waals surface area (Å²) < 4.78 is 23.7. The van der Waals surface area contributed by atoms with Crippen LogP contribution in [0.3, 0.4) is 0 Å². The molecule has 0 radical (unpaired) electrons. The molecule has 0 fully saturated rings. The molecule has 0 atom stereocenters. The number of para-hydroxylation sites is 1. The van der Waals surface area contributed by atoms with E-state index in [-0.39, 0.29) is 33.2 Å². The van der Waals surface area contributed by atoms with Gasteiger partial charge < -0.3 is 10.2 Å². The number of rotatable bonds is 6. The van der Waals surface area contributed by atoms with Crippen LogP contribution in [0.4, 0.5) is 11.4 Å². The van der Waals surface area contributed by atoms with E-state index in [1.807, 2.05) is 48.5 Å². The fourth-order valence-corrected chi connectivity index (χ4v) is 4.65. The van der Waals surface area contributed by atoms with Crippen molar-refractivity contribution in [2.75, 3.05) is 10.2 Å². The highest BCUT2D eigenvalue weighted by atomic mass is 32.2. The zero-order chi connectivity index (χ0) is 25.2. The Balaban J connectivity index is 1.63. The maximum absolute atomic E-state index is 13.4. The molecule has 35 heavy (non-hydrogen) atoms. The molecule has 0 spiro atoms. The summed E-state index contributed by atoms with van der Waals surface area (Å²) in [6, 6.07) is 21.8. The van der Waals surface area contributed by atoms with Gasteiger partial charge in [-0.05, 0) is 53.5 Å². The summed E-state index contributed by atoms with van der Waals surface area (Å²) >= 11 is 5.30. The third-order valence-electron chi connectivity index (χ3n) is 5.58. The standard InChI is InChI=1S/C25H25N5O3S2/c1-16(2)18-12-13-21-19(14-18)23(24(31)30(21)15-17-8-4-3-5-9-17)28-29-25(34)27-20-10-6-7-11-22(20)35(26,32)33/h3-14,16H,15H2,1-2H3,(H2,26,32,33)(H2,27,29,34). The molecule has 0 saturated carbocycles. The summed E-state index contributed by atoms with van der Waals surface area (Å²) in [5.41, 5.74) is 6.65. The Kier molecular flexibility index (Phi) is 6.97. The van der Waals surface area contributed by atoms with E-state index in [1.54, 1.807) is 17.0 Å². The van der Waals surface area contributed by atoms with Crippen LogP contribution >= 0.6 is 12.2 Å². The molecule has 1 aliphatic heterocycles. The van der Waals surface area contributed by atoms with Gasteiger partial charge in [0.15, 0.2) is 10.8 Å². The van der Waals surface area contributed by atoms with Crippen molar-refractivity contribution in [1.82, 2.24) is 5.43 Å². The van der Waals surface area contributed by atoms with Crippen molar-refractivity contribution in [1.29, 1.82) is 0 Å². The van der Waals surface area contributed by atoms with E-state index < -0.39 is 10.0 Å². The monoisotopic (exact) mass is 507 g/mol. The normalized spacial score (nSPS) is 14.3. The molecule has 1 heterocycles. The van der Waals surface area contributed by atoms with E-state index >= 15 is 0 Å². The van der Waals surface area contributed by atoms with Crippen molar-refractivity contribution in [2.45, 2.75) is 31.2 Å². The Hall–Kier alpha value is -3.60. The summed E-state index contributed by atoms with van der Waals surface area (Å²) in [7, 11) is -3.95. The molecule has 8 nitrogen and oxygen atoms in total. The van der Waals surface area contributed by atoms with Crippen LogP contribution < -0.4 is 20.8 Å². The van der Waals surface area contributed by atoms with Crippen LogP contribution in [-0.2, 0) is 21.4 Å². The Morgan fingerprint density at radius 3 is 2.43 bits per heavy atom. The first-order valence-electron chi connectivity index (χ1n) is 10.9. The zero-order valence-corrected chi connectivity index (χ0v) is 20.9. The number of hydrazone groups is 1. The molecule has 0 unspecified atom stereocenters. The van der Waals surface area contributed by atoms with Crippen LogP contribution in [0.1, 0.15) is 36.5 Å². The molecule has 0 aliphatic carbocycles. The first-order valence-corrected chi connectivity index (χ1v) is 12.9. The van der Waals surface area contributed by atoms with Gasteiger partial charge in [-0.2, -0.15) is 5.10 Å². The molecule has 10 heteroatoms. The van der Waals surface area contributed by atoms with Crippen LogP contribution in [0, 0.1) is 0 Å². The Morgan fingerprint density at radius 1 is 1.06 bits per heavy atom. The SMILES string of the molecule is CC(C)c1ccc2c(c1)C(=NNC(=S)Nc1ccccc1S(N)(=O)=O)C(=O)N2Cc1ccccc1. The van der Waals surface area contributed by atoms with Gasteiger partial charge >= 0.3 is 0 Å². The molecule has 0 saturated heterocycles. The van der Waals surface area contributed by atoms with E-state index in [2.05, 4.69) is 29.7 Å². The van der Waals surface area contributed by atoms with Crippen molar-refractivity contribution < 1.29 is 13.2 Å². The van der Waals surface area contributed by atoms with E-state index in [0.717, 1.165) is 16.8 Å². The highest BCUT2D eigenvalue weighted by molar-refractivity contribution is 7.89. The van der Waals surface area contributed by atoms with Crippen LogP contribution in [-0.4, -0.2) is 25.1 Å². The van der Waals surface area contributed by atoms with Gasteiger partial charge in [0.25, 0.3) is 5.91 Å². The molecule has 3 aromatic rings. The second-order valence-electron chi connectivity index (χ2n) is 8.38. The number of nitrogens with zero attached hydrogens (tertiary/aromatic N) is 2. The number of benzene rings is 3. The average Bonchev–Trinajstić information content (AvgIpc) is 3.08. The number of fused-ring (bicyclic) bond motifs is 1. The number of nitrogens with one attached hydrogen (secondary N) is 2. The molecule has 3 aromatic carbocycles. The zero-order valence-electron chi connectivity index (χ0n) is 19.2. The number of nitrogens with two attached hydrogens (primary N) is 1. The number of hydrogen-bond acceptors (Lipinski definition) is 5. The Bertz CT molecular complexity index is 1420. The maximum Gasteiger partial charge on any atom is 0.279 e. The van der Waals surface area contributed by atoms with Gasteiger partial charge in [0, 0.05) is 5.56 Å². The maximum atomic E-state index is 13.4. The molecular weight excluding hydrogens is 482 g/mol. The fraction of sp³-hybridized carbons (Fsp3) is 0.160. The van der Waals surface area contributed by atoms with Gasteiger partial charge in [-0.1, -0.05) is 62.4 Å². The number of hydrogen-bond donors (Lipinski definition) is 3. The first-order chi connectivity index (χ1) is 16.6. The van der Waals surface area contributed by atoms with Crippen LogP contribution in [0.25, 0.3) is 0 Å². The molecule has 0 bridgehead atoms. The summed E-state index contributed by atoms with van der Waals surface area (Å²) in [5.74, 6) is 0.00948. The summed E-state index contributed by atoms with van der Waals surface area (Å²) in [5, 5.41) is 12.4. The topological polar surface area (TPSA) is 117 Å². The smallest absolute Gasteiger partial charge is 0.279 e. The predicted octanol–water partition coefficient (Wildman–Crippen LogP) is 3.69. The Labute approximate surface area is 209 Å². The second-order valence-corrected chi connectivity index (χ2v) is 10.3. The second kappa shape index (κ2) is 9.95. The lowest BCUT2D eigenvalue weighted by Gasteiger charge is -2.17. The summed E-state index contributed by atoms with van der Waals surface area (Å²) in [6.45, 7) is 4.56. The minimum atomic E-state index is -3.95. The number of anilines is 2. The highest BCUT2D eigenvalue weighted by Crippen LogP contribution is 2.33. The molecule has 0 aromatic heterocycles. The molecule has 4 rings (SSSR count). The van der Waals surface area contributed by atoms with E-state index in [0.29, 0.717) is 12.1 Å². The van der Waals surface area contributed by atoms with E-state index in [9.17, 15) is 13.2 Å². The van der Waals surface area contributed by atoms with Gasteiger partial charge in [0.1, 0.15) is 4.90 Å². The summed E-state index contributed by atoms with van der Waals surface area (Å²) in [4.78, 5) is 15.0. The third-order valence-corrected chi connectivity index (χ3v) is 6.74. The Morgan fingerprint density at radius 2 is 1.74 bits per heavy atom. The third kappa shape index (κ3) is 5.40. The van der Waals surface area contributed by atoms with Crippen molar-refractivity contribution in [3.05, 3.63) is 89.5 Å². The first kappa shape index (κ1) is 24.5. The quantitative estimate of drug-likeness (QED) is 0.346. The minimum absolute atomic E-state index is 0.0180. The van der Waals surface area contributed by atoms with Crippen molar-refractivity contribution in [3.8, 4) is 0 Å². The largest absolute Gasteiger partial charge is 0.330 e. The van der Waals surface area contributed by atoms with Gasteiger partial charge in [0.05, 0.1) is 17.9 Å². The number of amides is 1. The lowest BCUT2D eigenvalue weighted by Crippen LogP contribution is -2.32. The lowest BCUT2D eigenvalue weighted by molar-refractivity contribution is -0.112. The van der Waals surface area contributed by atoms with Crippen molar-refractivity contribution in [2.24, 2.45) is 10.2 Å². The van der Waals surface area contributed by atoms with Crippen molar-refractivity contribution in [3.63, 3.8) is 0 Å². The van der Waals surface area contributed by atoms with E-state index in [1.165, 1.54) is 12.1 Å². The lowest BCUT2D eigenvalue weighted by atomic mass is 9.99. The fourth-order valence-electron chi connectivity index (χ4n) is 3.80. The molecular formula is C25H25N5O3S2. The number of sulfonamides is 1. The van der Waals surface area contributed by atoms with E-state index in [4.69, 9.17) is 17.4 Å². The number of thiocarbonyl (C=S) groups is 1. The van der Waals surface area contributed by atoms with Gasteiger partial charge in [-0.15, -0.1) is 0 Å². The van der Waals surface area contributed by atoms with Gasteiger partial charge in [-0.25, -0.2) is 13.6 Å². The molecule has 180 valence electrons. The van der Waals surface area contributed by atoms with Crippen LogP contribution in [0.2, 0.25) is 0 Å². The van der Waals surface area contributed by atoms with Crippen LogP contribution in [0.5, 0.6) is 0 Å². The predicted molar refractivity (Wildman–Crippen MR) is 142 cm³/mol. The molecule has 1 aliphatic rings. The number of carbonyl (C=O) groups excluding carboxylic acids is 1. The number of carbonyl (C=O) groups is 1. The van der Waals surface area contributed by atoms with Crippen molar-refractivity contribution >= 4 is 50.3 Å².